The second-order valence-electron chi connectivity index (χ2n) is 6.20. The Morgan fingerprint density at radius 1 is 1.24 bits per heavy atom. The molecule has 0 atom stereocenters. The molecular formula is C18H18N4OS2. The SMILES string of the molecule is Cc1csc(-c2ccc(C(=O)Nc3nc4c(s3)CN(C)CC4)cc2)n1. The average Bonchev–Trinajstić information content (AvgIpc) is 3.20. The van der Waals surface area contributed by atoms with Crippen LogP contribution in [0.4, 0.5) is 5.13 Å². The third-order valence-electron chi connectivity index (χ3n) is 4.16. The van der Waals surface area contributed by atoms with Crippen molar-refractivity contribution in [1.29, 1.82) is 0 Å². The van der Waals surface area contributed by atoms with E-state index in [1.54, 1.807) is 22.7 Å². The summed E-state index contributed by atoms with van der Waals surface area (Å²) in [6.07, 6.45) is 0.945. The molecule has 3 heterocycles. The largest absolute Gasteiger partial charge is 0.301 e. The third kappa shape index (κ3) is 3.49. The lowest BCUT2D eigenvalue weighted by Crippen LogP contribution is -2.25. The van der Waals surface area contributed by atoms with Gasteiger partial charge in [-0.3, -0.25) is 10.1 Å². The van der Waals surface area contributed by atoms with Gasteiger partial charge in [-0.25, -0.2) is 9.97 Å². The van der Waals surface area contributed by atoms with E-state index in [1.807, 2.05) is 36.6 Å². The molecule has 2 aromatic heterocycles. The fourth-order valence-corrected chi connectivity index (χ4v) is 4.68. The Bertz CT molecular complexity index is 914. The molecule has 0 radical (unpaired) electrons. The number of carbonyl (C=O) groups excluding carboxylic acids is 1. The average molecular weight is 371 g/mol. The fraction of sp³-hybridized carbons (Fsp3) is 0.278. The number of likely N-dealkylation sites (N-methyl/N-ethyl adjacent to an activating group) is 1. The Hall–Kier alpha value is -2.09. The summed E-state index contributed by atoms with van der Waals surface area (Å²) in [5.74, 6) is -0.124. The minimum atomic E-state index is -0.124. The van der Waals surface area contributed by atoms with Gasteiger partial charge in [-0.15, -0.1) is 22.7 Å². The van der Waals surface area contributed by atoms with E-state index in [0.29, 0.717) is 10.7 Å². The van der Waals surface area contributed by atoms with Crippen molar-refractivity contribution in [1.82, 2.24) is 14.9 Å². The van der Waals surface area contributed by atoms with Gasteiger partial charge in [-0.1, -0.05) is 12.1 Å². The zero-order chi connectivity index (χ0) is 17.4. The maximum absolute atomic E-state index is 12.5. The summed E-state index contributed by atoms with van der Waals surface area (Å²) in [7, 11) is 2.10. The molecule has 0 fully saturated rings. The van der Waals surface area contributed by atoms with E-state index in [1.165, 1.54) is 4.88 Å². The standard InChI is InChI=1S/C18H18N4OS2/c1-11-10-24-17(19-11)13-5-3-12(4-6-13)16(23)21-18-20-14-7-8-22(2)9-15(14)25-18/h3-6,10H,7-9H2,1-2H3,(H,20,21,23). The summed E-state index contributed by atoms with van der Waals surface area (Å²) in [6, 6.07) is 7.55. The highest BCUT2D eigenvalue weighted by Gasteiger charge is 2.19. The number of aromatic nitrogens is 2. The van der Waals surface area contributed by atoms with Gasteiger partial charge in [0.1, 0.15) is 5.01 Å². The number of aryl methyl sites for hydroxylation is 1. The molecule has 1 aliphatic heterocycles. The summed E-state index contributed by atoms with van der Waals surface area (Å²) < 4.78 is 0. The first-order valence-corrected chi connectivity index (χ1v) is 9.79. The summed E-state index contributed by atoms with van der Waals surface area (Å²) in [4.78, 5) is 25.0. The van der Waals surface area contributed by atoms with E-state index in [-0.39, 0.29) is 5.91 Å². The van der Waals surface area contributed by atoms with E-state index in [2.05, 4.69) is 27.2 Å². The maximum Gasteiger partial charge on any atom is 0.257 e. The van der Waals surface area contributed by atoms with Gasteiger partial charge in [-0.05, 0) is 26.1 Å². The number of benzene rings is 1. The molecule has 128 valence electrons. The molecule has 0 bridgehead atoms. The lowest BCUT2D eigenvalue weighted by atomic mass is 10.1. The van der Waals surface area contributed by atoms with Crippen LogP contribution in [0.2, 0.25) is 0 Å². The van der Waals surface area contributed by atoms with Crippen LogP contribution in [0.25, 0.3) is 10.6 Å². The predicted molar refractivity (Wildman–Crippen MR) is 102 cm³/mol. The summed E-state index contributed by atoms with van der Waals surface area (Å²) in [5, 5.41) is 6.61. The first kappa shape index (κ1) is 16.4. The van der Waals surface area contributed by atoms with Crippen molar-refractivity contribution < 1.29 is 4.79 Å². The van der Waals surface area contributed by atoms with Crippen LogP contribution in [0.3, 0.4) is 0 Å². The number of amides is 1. The van der Waals surface area contributed by atoms with E-state index >= 15 is 0 Å². The Kier molecular flexibility index (Phi) is 4.37. The predicted octanol–water partition coefficient (Wildman–Crippen LogP) is 3.82. The Morgan fingerprint density at radius 2 is 2.04 bits per heavy atom. The number of anilines is 1. The molecule has 25 heavy (non-hydrogen) atoms. The maximum atomic E-state index is 12.5. The highest BCUT2D eigenvalue weighted by atomic mass is 32.1. The van der Waals surface area contributed by atoms with Crippen molar-refractivity contribution in [2.45, 2.75) is 19.9 Å². The number of nitrogens with zero attached hydrogens (tertiary/aromatic N) is 3. The summed E-state index contributed by atoms with van der Waals surface area (Å²) >= 11 is 3.18. The van der Waals surface area contributed by atoms with Crippen LogP contribution in [-0.2, 0) is 13.0 Å². The minimum Gasteiger partial charge on any atom is -0.301 e. The molecule has 1 amide bonds. The van der Waals surface area contributed by atoms with Crippen LogP contribution in [0.15, 0.2) is 29.6 Å². The first-order valence-electron chi connectivity index (χ1n) is 8.09. The molecule has 1 N–H and O–H groups in total. The Morgan fingerprint density at radius 3 is 2.76 bits per heavy atom. The smallest absolute Gasteiger partial charge is 0.257 e. The van der Waals surface area contributed by atoms with Crippen molar-refractivity contribution in [2.24, 2.45) is 0 Å². The lowest BCUT2D eigenvalue weighted by Gasteiger charge is -2.20. The van der Waals surface area contributed by atoms with Crippen molar-refractivity contribution in [3.8, 4) is 10.6 Å². The van der Waals surface area contributed by atoms with Crippen LogP contribution in [0, 0.1) is 6.92 Å². The molecule has 0 aliphatic carbocycles. The van der Waals surface area contributed by atoms with Crippen LogP contribution in [0.5, 0.6) is 0 Å². The van der Waals surface area contributed by atoms with E-state index in [0.717, 1.165) is 41.5 Å². The molecule has 7 heteroatoms. The quantitative estimate of drug-likeness (QED) is 0.761. The second-order valence-corrected chi connectivity index (χ2v) is 8.14. The van der Waals surface area contributed by atoms with Crippen molar-refractivity contribution in [2.75, 3.05) is 18.9 Å². The molecule has 0 saturated carbocycles. The van der Waals surface area contributed by atoms with Gasteiger partial charge in [0.05, 0.1) is 5.69 Å². The Balaban J connectivity index is 1.48. The molecule has 3 aromatic rings. The fourth-order valence-electron chi connectivity index (χ4n) is 2.80. The molecule has 5 nitrogen and oxygen atoms in total. The van der Waals surface area contributed by atoms with Crippen LogP contribution in [-0.4, -0.2) is 34.4 Å². The number of rotatable bonds is 3. The topological polar surface area (TPSA) is 58.1 Å². The van der Waals surface area contributed by atoms with Gasteiger partial charge in [0.15, 0.2) is 5.13 Å². The highest BCUT2D eigenvalue weighted by Crippen LogP contribution is 2.28. The number of fused-ring (bicyclic) bond motifs is 1. The van der Waals surface area contributed by atoms with E-state index < -0.39 is 0 Å². The van der Waals surface area contributed by atoms with E-state index in [9.17, 15) is 4.79 Å². The number of carbonyl (C=O) groups is 1. The number of hydrogen-bond donors (Lipinski definition) is 1. The first-order chi connectivity index (χ1) is 12.1. The normalized spacial score (nSPS) is 14.3. The molecule has 0 spiro atoms. The van der Waals surface area contributed by atoms with Crippen molar-refractivity contribution >= 4 is 33.7 Å². The lowest BCUT2D eigenvalue weighted by molar-refractivity contribution is 0.102. The molecule has 0 unspecified atom stereocenters. The van der Waals surface area contributed by atoms with Gasteiger partial charge in [0.2, 0.25) is 0 Å². The molecule has 0 saturated heterocycles. The number of hydrogen-bond acceptors (Lipinski definition) is 6. The zero-order valence-electron chi connectivity index (χ0n) is 14.1. The zero-order valence-corrected chi connectivity index (χ0v) is 15.7. The second kappa shape index (κ2) is 6.67. The summed E-state index contributed by atoms with van der Waals surface area (Å²) in [5.41, 5.74) is 3.79. The van der Waals surface area contributed by atoms with Gasteiger partial charge in [-0.2, -0.15) is 0 Å². The summed E-state index contributed by atoms with van der Waals surface area (Å²) in [6.45, 7) is 3.90. The van der Waals surface area contributed by atoms with Crippen molar-refractivity contribution in [3.63, 3.8) is 0 Å². The Labute approximate surface area is 154 Å². The molecular weight excluding hydrogens is 352 g/mol. The monoisotopic (exact) mass is 370 g/mol. The van der Waals surface area contributed by atoms with Crippen LogP contribution >= 0.6 is 22.7 Å². The number of thiazole rings is 2. The van der Waals surface area contributed by atoms with Gasteiger partial charge >= 0.3 is 0 Å². The van der Waals surface area contributed by atoms with Crippen molar-refractivity contribution in [3.05, 3.63) is 51.5 Å². The van der Waals surface area contributed by atoms with Crippen LogP contribution in [0.1, 0.15) is 26.6 Å². The third-order valence-corrected chi connectivity index (χ3v) is 6.16. The van der Waals surface area contributed by atoms with E-state index in [4.69, 9.17) is 0 Å². The molecule has 1 aromatic carbocycles. The molecule has 1 aliphatic rings. The molecule has 4 rings (SSSR count). The van der Waals surface area contributed by atoms with Crippen LogP contribution < -0.4 is 5.32 Å². The van der Waals surface area contributed by atoms with Gasteiger partial charge in [0, 0.05) is 46.6 Å². The highest BCUT2D eigenvalue weighted by molar-refractivity contribution is 7.16. The van der Waals surface area contributed by atoms with Gasteiger partial charge < -0.3 is 4.90 Å². The number of nitrogens with one attached hydrogen (secondary N) is 1. The van der Waals surface area contributed by atoms with Gasteiger partial charge in [0.25, 0.3) is 5.91 Å². The minimum absolute atomic E-state index is 0.124.